The van der Waals surface area contributed by atoms with E-state index in [1.54, 1.807) is 0 Å². The summed E-state index contributed by atoms with van der Waals surface area (Å²) in [6, 6.07) is 0. The van der Waals surface area contributed by atoms with Crippen LogP contribution in [0.2, 0.25) is 0 Å². The first-order chi connectivity index (χ1) is 2.91. The maximum atomic E-state index is 8.07. The lowest BCUT2D eigenvalue weighted by atomic mass is 10.5. The molecule has 3 heteroatoms. The summed E-state index contributed by atoms with van der Waals surface area (Å²) in [5.41, 5.74) is 0. The van der Waals surface area contributed by atoms with Crippen molar-refractivity contribution in [2.75, 3.05) is 13.2 Å². The lowest BCUT2D eigenvalue weighted by Crippen LogP contribution is -1.87. The van der Waals surface area contributed by atoms with Crippen LogP contribution >= 0.6 is 12.9 Å². The van der Waals surface area contributed by atoms with Gasteiger partial charge in [0.2, 0.25) is 0 Å². The van der Waals surface area contributed by atoms with Gasteiger partial charge in [0.1, 0.15) is 0 Å². The van der Waals surface area contributed by atoms with E-state index in [2.05, 4.69) is 17.1 Å². The third-order valence-electron chi connectivity index (χ3n) is 0.386. The van der Waals surface area contributed by atoms with Crippen LogP contribution in [-0.2, 0) is 4.18 Å². The molecule has 0 fully saturated rings. The first-order valence-corrected chi connectivity index (χ1v) is 2.10. The zero-order chi connectivity index (χ0) is 4.83. The number of aliphatic hydroxyl groups excluding tert-OH is 1. The van der Waals surface area contributed by atoms with E-state index in [0.717, 1.165) is 0 Å². The van der Waals surface area contributed by atoms with Crippen LogP contribution in [0.5, 0.6) is 0 Å². The molecule has 0 atom stereocenters. The van der Waals surface area contributed by atoms with Crippen LogP contribution in [0.4, 0.5) is 0 Å². The lowest BCUT2D eigenvalue weighted by molar-refractivity contribution is 0.251. The molecule has 0 heterocycles. The molecule has 0 rings (SSSR count). The van der Waals surface area contributed by atoms with E-state index >= 15 is 0 Å². The van der Waals surface area contributed by atoms with Crippen molar-refractivity contribution in [1.29, 1.82) is 0 Å². The van der Waals surface area contributed by atoms with Gasteiger partial charge < -0.3 is 9.29 Å². The fraction of sp³-hybridized carbons (Fsp3) is 1.00. The van der Waals surface area contributed by atoms with Gasteiger partial charge in [-0.25, -0.2) is 0 Å². The van der Waals surface area contributed by atoms with Gasteiger partial charge in [-0.3, -0.25) is 0 Å². The van der Waals surface area contributed by atoms with Crippen molar-refractivity contribution in [2.45, 2.75) is 6.42 Å². The van der Waals surface area contributed by atoms with E-state index in [0.29, 0.717) is 13.0 Å². The van der Waals surface area contributed by atoms with Gasteiger partial charge in [-0.1, -0.05) is 0 Å². The highest BCUT2D eigenvalue weighted by molar-refractivity contribution is 7.75. The number of hydrogen-bond acceptors (Lipinski definition) is 2. The molecule has 0 aromatic heterocycles. The molecule has 0 aromatic carbocycles. The van der Waals surface area contributed by atoms with E-state index in [-0.39, 0.29) is 6.61 Å². The standard InChI is InChI=1S/C3H7O2S/c4-2-1-3-5-6/h4H,1-3H2. The molecule has 0 unspecified atom stereocenters. The van der Waals surface area contributed by atoms with Crippen molar-refractivity contribution in [3.05, 3.63) is 0 Å². The SMILES string of the molecule is OCCCO[S]. The van der Waals surface area contributed by atoms with Crippen LogP contribution < -0.4 is 0 Å². The lowest BCUT2D eigenvalue weighted by Gasteiger charge is -1.86. The average Bonchev–Trinajstić information content (AvgIpc) is 1.61. The molecule has 0 bridgehead atoms. The number of hydrogen-bond donors (Lipinski definition) is 1. The van der Waals surface area contributed by atoms with Crippen LogP contribution in [0.15, 0.2) is 0 Å². The third kappa shape index (κ3) is 4.27. The van der Waals surface area contributed by atoms with Crippen LogP contribution in [0.3, 0.4) is 0 Å². The van der Waals surface area contributed by atoms with Gasteiger partial charge >= 0.3 is 0 Å². The Morgan fingerprint density at radius 2 is 2.33 bits per heavy atom. The largest absolute Gasteiger partial charge is 0.396 e. The molecule has 0 aromatic rings. The first kappa shape index (κ1) is 6.27. The Balaban J connectivity index is 2.34. The van der Waals surface area contributed by atoms with Gasteiger partial charge in [-0.05, 0) is 6.42 Å². The molecule has 1 N–H and O–H groups in total. The fourth-order valence-corrected chi connectivity index (χ4v) is 0.241. The van der Waals surface area contributed by atoms with Crippen molar-refractivity contribution in [3.63, 3.8) is 0 Å². The highest BCUT2D eigenvalue weighted by Crippen LogP contribution is 1.80. The molecule has 0 aliphatic carbocycles. The Labute approximate surface area is 42.7 Å². The minimum absolute atomic E-state index is 0.163. The molecule has 0 spiro atoms. The molecule has 1 radical (unpaired) electrons. The second-order valence-electron chi connectivity index (χ2n) is 0.899. The quantitative estimate of drug-likeness (QED) is 0.532. The highest BCUT2D eigenvalue weighted by Gasteiger charge is 1.77. The molecule has 0 aliphatic heterocycles. The average molecular weight is 107 g/mol. The highest BCUT2D eigenvalue weighted by atomic mass is 32.1. The second kappa shape index (κ2) is 5.27. The summed E-state index contributed by atoms with van der Waals surface area (Å²) in [4.78, 5) is 0. The summed E-state index contributed by atoms with van der Waals surface area (Å²) >= 11 is 4.11. The molecule has 0 aliphatic rings. The normalized spacial score (nSPS) is 9.00. The van der Waals surface area contributed by atoms with E-state index in [9.17, 15) is 0 Å². The summed E-state index contributed by atoms with van der Waals surface area (Å²) in [5, 5.41) is 8.07. The summed E-state index contributed by atoms with van der Waals surface area (Å²) in [6.45, 7) is 0.641. The zero-order valence-corrected chi connectivity index (χ0v) is 4.20. The van der Waals surface area contributed by atoms with Crippen LogP contribution in [0.25, 0.3) is 0 Å². The Hall–Kier alpha value is 0.270. The van der Waals surface area contributed by atoms with Crippen LogP contribution in [0, 0.1) is 0 Å². The van der Waals surface area contributed by atoms with Gasteiger partial charge in [0.25, 0.3) is 0 Å². The smallest absolute Gasteiger partial charge is 0.0925 e. The van der Waals surface area contributed by atoms with E-state index < -0.39 is 0 Å². The van der Waals surface area contributed by atoms with Gasteiger partial charge in [0.05, 0.1) is 19.5 Å². The second-order valence-corrected chi connectivity index (χ2v) is 1.13. The molecule has 2 nitrogen and oxygen atoms in total. The number of aliphatic hydroxyl groups is 1. The molecular weight excluding hydrogens is 100 g/mol. The predicted octanol–water partition coefficient (Wildman–Crippen LogP) is 0.498. The Bertz CT molecular complexity index is 20.8. The first-order valence-electron chi connectivity index (χ1n) is 1.77. The van der Waals surface area contributed by atoms with Gasteiger partial charge in [-0.2, -0.15) is 0 Å². The molecule has 0 saturated heterocycles. The van der Waals surface area contributed by atoms with Crippen LogP contribution in [-0.4, -0.2) is 18.3 Å². The predicted molar refractivity (Wildman–Crippen MR) is 25.2 cm³/mol. The van der Waals surface area contributed by atoms with Crippen molar-refractivity contribution < 1.29 is 9.29 Å². The summed E-state index contributed by atoms with van der Waals surface area (Å²) in [7, 11) is 0. The van der Waals surface area contributed by atoms with Crippen molar-refractivity contribution in [3.8, 4) is 0 Å². The van der Waals surface area contributed by atoms with Crippen molar-refractivity contribution in [1.82, 2.24) is 0 Å². The zero-order valence-electron chi connectivity index (χ0n) is 3.39. The Morgan fingerprint density at radius 1 is 1.67 bits per heavy atom. The molecule has 37 valence electrons. The molecule has 6 heavy (non-hydrogen) atoms. The Kier molecular flexibility index (Phi) is 5.51. The summed E-state index contributed by atoms with van der Waals surface area (Å²) < 4.78 is 4.21. The molecule has 0 saturated carbocycles. The van der Waals surface area contributed by atoms with E-state index in [1.165, 1.54) is 0 Å². The van der Waals surface area contributed by atoms with E-state index in [1.807, 2.05) is 0 Å². The Morgan fingerprint density at radius 3 is 2.50 bits per heavy atom. The van der Waals surface area contributed by atoms with Gasteiger partial charge in [0, 0.05) is 6.61 Å². The van der Waals surface area contributed by atoms with Crippen molar-refractivity contribution in [2.24, 2.45) is 0 Å². The van der Waals surface area contributed by atoms with Crippen molar-refractivity contribution >= 4 is 12.9 Å². The molecular formula is C3H7O2S. The minimum atomic E-state index is 0.163. The fourth-order valence-electron chi connectivity index (χ4n) is 0.123. The summed E-state index contributed by atoms with van der Waals surface area (Å²) in [6.07, 6.45) is 0.642. The topological polar surface area (TPSA) is 29.5 Å². The maximum Gasteiger partial charge on any atom is 0.0925 e. The van der Waals surface area contributed by atoms with E-state index in [4.69, 9.17) is 5.11 Å². The monoisotopic (exact) mass is 107 g/mol. The third-order valence-corrected chi connectivity index (χ3v) is 0.552. The van der Waals surface area contributed by atoms with Gasteiger partial charge in [-0.15, -0.1) is 0 Å². The minimum Gasteiger partial charge on any atom is -0.396 e. The summed E-state index contributed by atoms with van der Waals surface area (Å²) in [5.74, 6) is 0. The molecule has 0 amide bonds. The van der Waals surface area contributed by atoms with Crippen LogP contribution in [0.1, 0.15) is 6.42 Å². The van der Waals surface area contributed by atoms with Gasteiger partial charge in [0.15, 0.2) is 0 Å². The maximum absolute atomic E-state index is 8.07. The number of rotatable bonds is 3.